The van der Waals surface area contributed by atoms with Gasteiger partial charge in [-0.2, -0.15) is 0 Å². The number of carbonyl (C=O) groups is 2. The summed E-state index contributed by atoms with van der Waals surface area (Å²) in [5, 5.41) is 12.1. The number of benzene rings is 3. The Kier molecular flexibility index (Phi) is 7.38. The molecule has 3 heterocycles. The lowest BCUT2D eigenvalue weighted by Crippen LogP contribution is -2.53. The summed E-state index contributed by atoms with van der Waals surface area (Å²) in [6.07, 6.45) is 2.04. The van der Waals surface area contributed by atoms with E-state index in [0.717, 1.165) is 27.7 Å². The van der Waals surface area contributed by atoms with Crippen molar-refractivity contribution in [1.29, 1.82) is 0 Å². The molecule has 3 aromatic carbocycles. The number of nitro groups is 1. The molecule has 0 spiro atoms. The van der Waals surface area contributed by atoms with Gasteiger partial charge in [0.25, 0.3) is 11.6 Å². The highest BCUT2D eigenvalue weighted by molar-refractivity contribution is 6.02. The van der Waals surface area contributed by atoms with Crippen molar-refractivity contribution < 1.29 is 19.2 Å². The molecule has 0 bridgehead atoms. The van der Waals surface area contributed by atoms with Crippen molar-refractivity contribution in [2.75, 3.05) is 51.3 Å². The van der Waals surface area contributed by atoms with E-state index in [0.29, 0.717) is 44.9 Å². The van der Waals surface area contributed by atoms with Crippen molar-refractivity contribution in [3.8, 4) is 0 Å². The molecule has 1 saturated heterocycles. The first-order valence-electron chi connectivity index (χ1n) is 14.1. The highest BCUT2D eigenvalue weighted by Gasteiger charge is 2.46. The minimum atomic E-state index is -0.590. The highest BCUT2D eigenvalue weighted by Crippen LogP contribution is 2.46. The van der Waals surface area contributed by atoms with E-state index < -0.39 is 16.9 Å². The maximum Gasteiger partial charge on any atom is 0.269 e. The fourth-order valence-electron chi connectivity index (χ4n) is 6.42. The van der Waals surface area contributed by atoms with Crippen LogP contribution in [0.1, 0.15) is 33.4 Å². The van der Waals surface area contributed by atoms with Gasteiger partial charge in [-0.3, -0.25) is 19.7 Å². The van der Waals surface area contributed by atoms with Crippen LogP contribution in [0.4, 0.5) is 11.4 Å². The second-order valence-corrected chi connectivity index (χ2v) is 10.8. The molecule has 1 fully saturated rings. The van der Waals surface area contributed by atoms with Gasteiger partial charge in [0.2, 0.25) is 5.91 Å². The number of rotatable bonds is 7. The lowest BCUT2D eigenvalue weighted by atomic mass is 9.78. The van der Waals surface area contributed by atoms with Crippen LogP contribution in [0.15, 0.2) is 79.0 Å². The van der Waals surface area contributed by atoms with E-state index >= 15 is 0 Å². The molecule has 2 unspecified atom stereocenters. The molecule has 6 rings (SSSR count). The Bertz CT molecular complexity index is 1640. The molecule has 0 aliphatic carbocycles. The van der Waals surface area contributed by atoms with E-state index in [-0.39, 0.29) is 17.5 Å². The monoisotopic (exact) mass is 567 g/mol. The maximum atomic E-state index is 14.6. The highest BCUT2D eigenvalue weighted by atomic mass is 16.6. The summed E-state index contributed by atoms with van der Waals surface area (Å²) in [6.45, 7) is 2.91. The largest absolute Gasteiger partial charge is 0.383 e. The molecule has 0 saturated carbocycles. The Morgan fingerprint density at radius 1 is 0.952 bits per heavy atom. The number of hydrogen-bond donors (Lipinski definition) is 0. The number of carbonyl (C=O) groups excluding carboxylic acids is 2. The van der Waals surface area contributed by atoms with Crippen molar-refractivity contribution in [3.05, 3.63) is 106 Å². The first-order chi connectivity index (χ1) is 20.4. The van der Waals surface area contributed by atoms with Crippen molar-refractivity contribution in [2.24, 2.45) is 7.05 Å². The molecular weight excluding hydrogens is 534 g/mol. The summed E-state index contributed by atoms with van der Waals surface area (Å²) < 4.78 is 7.46. The van der Waals surface area contributed by atoms with E-state index in [4.69, 9.17) is 4.74 Å². The Morgan fingerprint density at radius 3 is 2.36 bits per heavy atom. The van der Waals surface area contributed by atoms with E-state index in [9.17, 15) is 19.7 Å². The van der Waals surface area contributed by atoms with Crippen LogP contribution in [-0.4, -0.2) is 77.5 Å². The molecule has 4 aromatic rings. The SMILES string of the molecule is COCCN1C(=O)c2ccccc2C(C(=O)N2CCN(c3ccc([N+](=O)[O-])cc3)CC2)C1c1cn(C)c2ccccc12. The van der Waals surface area contributed by atoms with Gasteiger partial charge in [-0.05, 0) is 29.8 Å². The van der Waals surface area contributed by atoms with Crippen molar-refractivity contribution >= 4 is 34.1 Å². The number of piperazine rings is 1. The van der Waals surface area contributed by atoms with Crippen LogP contribution in [0.5, 0.6) is 0 Å². The quantitative estimate of drug-likeness (QED) is 0.243. The molecule has 216 valence electrons. The normalized spacial score (nSPS) is 18.8. The molecule has 42 heavy (non-hydrogen) atoms. The maximum absolute atomic E-state index is 14.6. The fraction of sp³-hybridized carbons (Fsp3) is 0.312. The van der Waals surface area contributed by atoms with Crippen LogP contribution in [0.3, 0.4) is 0 Å². The van der Waals surface area contributed by atoms with Gasteiger partial charge in [0.15, 0.2) is 0 Å². The third kappa shape index (κ3) is 4.77. The third-order valence-corrected chi connectivity index (χ3v) is 8.50. The van der Waals surface area contributed by atoms with Crippen LogP contribution in [0.25, 0.3) is 10.9 Å². The summed E-state index contributed by atoms with van der Waals surface area (Å²) in [5.74, 6) is -0.709. The molecule has 1 aromatic heterocycles. The Hall–Kier alpha value is -4.70. The van der Waals surface area contributed by atoms with Crippen LogP contribution >= 0.6 is 0 Å². The van der Waals surface area contributed by atoms with E-state index in [1.54, 1.807) is 19.2 Å². The second kappa shape index (κ2) is 11.3. The third-order valence-electron chi connectivity index (χ3n) is 8.50. The molecule has 2 atom stereocenters. The molecular formula is C32H33N5O5. The van der Waals surface area contributed by atoms with Crippen LogP contribution in [-0.2, 0) is 16.6 Å². The molecule has 0 radical (unpaired) electrons. The van der Waals surface area contributed by atoms with Gasteiger partial charge in [0.1, 0.15) is 0 Å². The molecule has 2 amide bonds. The number of nitrogens with zero attached hydrogens (tertiary/aromatic N) is 5. The van der Waals surface area contributed by atoms with Crippen LogP contribution < -0.4 is 4.90 Å². The fourth-order valence-corrected chi connectivity index (χ4v) is 6.42. The van der Waals surface area contributed by atoms with E-state index in [2.05, 4.69) is 15.5 Å². The summed E-state index contributed by atoms with van der Waals surface area (Å²) in [5.41, 5.74) is 4.21. The minimum Gasteiger partial charge on any atom is -0.383 e. The van der Waals surface area contributed by atoms with E-state index in [1.807, 2.05) is 65.5 Å². The molecule has 10 heteroatoms. The topological polar surface area (TPSA) is 101 Å². The number of aromatic nitrogens is 1. The summed E-state index contributed by atoms with van der Waals surface area (Å²) >= 11 is 0. The predicted octanol–water partition coefficient (Wildman–Crippen LogP) is 4.36. The lowest BCUT2D eigenvalue weighted by molar-refractivity contribution is -0.384. The minimum absolute atomic E-state index is 0.0151. The number of fused-ring (bicyclic) bond motifs is 2. The number of para-hydroxylation sites is 1. The van der Waals surface area contributed by atoms with Gasteiger partial charge in [0.05, 0.1) is 23.5 Å². The molecule has 10 nitrogen and oxygen atoms in total. The van der Waals surface area contributed by atoms with Gasteiger partial charge < -0.3 is 24.0 Å². The van der Waals surface area contributed by atoms with Gasteiger partial charge in [0, 0.05) is 92.9 Å². The molecule has 2 aliphatic rings. The summed E-state index contributed by atoms with van der Waals surface area (Å²) in [7, 11) is 3.60. The van der Waals surface area contributed by atoms with E-state index in [1.165, 1.54) is 12.1 Å². The lowest BCUT2D eigenvalue weighted by Gasteiger charge is -2.44. The average Bonchev–Trinajstić information content (AvgIpc) is 3.36. The van der Waals surface area contributed by atoms with Crippen LogP contribution in [0.2, 0.25) is 0 Å². The smallest absolute Gasteiger partial charge is 0.269 e. The number of nitro benzene ring substituents is 1. The number of methoxy groups -OCH3 is 1. The Labute approximate surface area is 243 Å². The zero-order chi connectivity index (χ0) is 29.4. The Balaban J connectivity index is 1.36. The first kappa shape index (κ1) is 27.5. The Morgan fingerprint density at radius 2 is 1.64 bits per heavy atom. The predicted molar refractivity (Wildman–Crippen MR) is 160 cm³/mol. The summed E-state index contributed by atoms with van der Waals surface area (Å²) in [4.78, 5) is 45.0. The van der Waals surface area contributed by atoms with Gasteiger partial charge in [-0.25, -0.2) is 0 Å². The number of amides is 2. The number of hydrogen-bond acceptors (Lipinski definition) is 6. The molecule has 2 aliphatic heterocycles. The number of anilines is 1. The molecule has 0 N–H and O–H groups in total. The van der Waals surface area contributed by atoms with Gasteiger partial charge >= 0.3 is 0 Å². The van der Waals surface area contributed by atoms with Crippen molar-refractivity contribution in [1.82, 2.24) is 14.4 Å². The second-order valence-electron chi connectivity index (χ2n) is 10.8. The number of non-ortho nitro benzene ring substituents is 1. The zero-order valence-corrected chi connectivity index (χ0v) is 23.7. The first-order valence-corrected chi connectivity index (χ1v) is 14.1. The van der Waals surface area contributed by atoms with Crippen molar-refractivity contribution in [2.45, 2.75) is 12.0 Å². The number of ether oxygens (including phenoxy) is 1. The van der Waals surface area contributed by atoms with Gasteiger partial charge in [-0.15, -0.1) is 0 Å². The standard InChI is InChI=1S/C32H33N5O5/c1-33-21-27(24-7-5-6-10-28(24)33)30-29(25-8-3-4-9-26(25)31(38)36(30)19-20-42-2)32(39)35-17-15-34(16-18-35)22-11-13-23(14-12-22)37(40)41/h3-14,21,29-30H,15-20H2,1-2H3. The van der Waals surface area contributed by atoms with Crippen molar-refractivity contribution in [3.63, 3.8) is 0 Å². The summed E-state index contributed by atoms with van der Waals surface area (Å²) in [6, 6.07) is 21.5. The van der Waals surface area contributed by atoms with Gasteiger partial charge in [-0.1, -0.05) is 36.4 Å². The van der Waals surface area contributed by atoms with Crippen LogP contribution in [0, 0.1) is 10.1 Å². The zero-order valence-electron chi connectivity index (χ0n) is 23.7. The average molecular weight is 568 g/mol. The number of aryl methyl sites for hydroxylation is 1.